The predicted octanol–water partition coefficient (Wildman–Crippen LogP) is 1.67. The van der Waals surface area contributed by atoms with Crippen molar-refractivity contribution < 1.29 is 33.4 Å². The molecule has 0 saturated carbocycles. The average molecular weight is 428 g/mol. The van der Waals surface area contributed by atoms with Crippen LogP contribution in [-0.2, 0) is 23.9 Å². The van der Waals surface area contributed by atoms with Gasteiger partial charge < -0.3 is 19.5 Å². The quantitative estimate of drug-likeness (QED) is 0.417. The number of likely N-dealkylation sites (tertiary alicyclic amines) is 1. The molecule has 164 valence electrons. The van der Waals surface area contributed by atoms with Crippen LogP contribution in [0.5, 0.6) is 11.5 Å². The van der Waals surface area contributed by atoms with Gasteiger partial charge in [0, 0.05) is 18.3 Å². The Morgan fingerprint density at radius 2 is 1.74 bits per heavy atom. The molecule has 0 spiro atoms. The van der Waals surface area contributed by atoms with E-state index in [-0.39, 0.29) is 36.6 Å². The highest BCUT2D eigenvalue weighted by Crippen LogP contribution is 2.35. The molecule has 0 unspecified atom stereocenters. The Labute approximate surface area is 179 Å². The van der Waals surface area contributed by atoms with Crippen molar-refractivity contribution in [3.8, 4) is 11.5 Å². The fourth-order valence-corrected chi connectivity index (χ4v) is 3.97. The summed E-state index contributed by atoms with van der Waals surface area (Å²) in [5.41, 5.74) is 0.488. The number of carbonyl (C=O) groups is 4. The summed E-state index contributed by atoms with van der Waals surface area (Å²) in [7, 11) is 0. The minimum atomic E-state index is -1.04. The van der Waals surface area contributed by atoms with Crippen molar-refractivity contribution in [2.45, 2.75) is 32.3 Å². The Balaban J connectivity index is 1.26. The first kappa shape index (κ1) is 20.9. The van der Waals surface area contributed by atoms with Crippen molar-refractivity contribution >= 4 is 29.4 Å². The standard InChI is InChI=1S/C22H24N2O7/c1-13(20(26)23-14-6-7-17-18(12-14)30-11-10-29-17)31-19(25)8-9-24-21(27)15-4-2-3-5-16(15)22(24)28/h2-3,6-7,12-13,15-16H,4-5,8-11H2,1H3,(H,23,26)/t13-,15-,16+/m0/s1. The summed E-state index contributed by atoms with van der Waals surface area (Å²) < 4.78 is 16.1. The highest BCUT2D eigenvalue weighted by molar-refractivity contribution is 6.05. The van der Waals surface area contributed by atoms with Crippen molar-refractivity contribution in [3.63, 3.8) is 0 Å². The van der Waals surface area contributed by atoms with Gasteiger partial charge in [0.1, 0.15) is 13.2 Å². The molecule has 3 aliphatic rings. The van der Waals surface area contributed by atoms with Crippen molar-refractivity contribution in [3.05, 3.63) is 30.4 Å². The lowest BCUT2D eigenvalue weighted by atomic mass is 9.85. The van der Waals surface area contributed by atoms with Gasteiger partial charge in [0.05, 0.1) is 18.3 Å². The first-order valence-corrected chi connectivity index (χ1v) is 10.3. The molecule has 3 atom stereocenters. The summed E-state index contributed by atoms with van der Waals surface area (Å²) >= 11 is 0. The lowest BCUT2D eigenvalue weighted by Crippen LogP contribution is -2.35. The lowest BCUT2D eigenvalue weighted by Gasteiger charge is -2.19. The average Bonchev–Trinajstić information content (AvgIpc) is 3.02. The van der Waals surface area contributed by atoms with Gasteiger partial charge in [-0.15, -0.1) is 0 Å². The molecular formula is C22H24N2O7. The van der Waals surface area contributed by atoms with Crippen LogP contribution in [0.25, 0.3) is 0 Å². The zero-order valence-electron chi connectivity index (χ0n) is 17.2. The molecular weight excluding hydrogens is 404 g/mol. The molecule has 9 heteroatoms. The van der Waals surface area contributed by atoms with Gasteiger partial charge in [0.25, 0.3) is 5.91 Å². The van der Waals surface area contributed by atoms with Gasteiger partial charge in [-0.3, -0.25) is 24.1 Å². The number of fused-ring (bicyclic) bond motifs is 2. The van der Waals surface area contributed by atoms with Crippen LogP contribution in [0.15, 0.2) is 30.4 Å². The first-order chi connectivity index (χ1) is 14.9. The van der Waals surface area contributed by atoms with E-state index < -0.39 is 18.0 Å². The molecule has 0 radical (unpaired) electrons. The molecule has 1 aliphatic carbocycles. The maximum atomic E-state index is 12.4. The normalized spacial score (nSPS) is 22.7. The number of allylic oxidation sites excluding steroid dienone is 2. The van der Waals surface area contributed by atoms with Crippen LogP contribution < -0.4 is 14.8 Å². The molecule has 1 aromatic rings. The number of carbonyl (C=O) groups excluding carboxylic acids is 4. The van der Waals surface area contributed by atoms with E-state index in [1.165, 1.54) is 6.92 Å². The Bertz CT molecular complexity index is 916. The third-order valence-electron chi connectivity index (χ3n) is 5.63. The van der Waals surface area contributed by atoms with E-state index in [0.29, 0.717) is 43.2 Å². The number of nitrogens with zero attached hydrogens (tertiary/aromatic N) is 1. The second kappa shape index (κ2) is 8.79. The van der Waals surface area contributed by atoms with E-state index in [9.17, 15) is 19.2 Å². The van der Waals surface area contributed by atoms with Crippen LogP contribution in [0.4, 0.5) is 5.69 Å². The fraction of sp³-hybridized carbons (Fsp3) is 0.455. The molecule has 9 nitrogen and oxygen atoms in total. The number of amides is 3. The number of rotatable bonds is 6. The summed E-state index contributed by atoms with van der Waals surface area (Å²) in [5.74, 6) is -1.16. The molecule has 4 rings (SSSR count). The molecule has 1 N–H and O–H groups in total. The number of imide groups is 1. The second-order valence-corrected chi connectivity index (χ2v) is 7.71. The van der Waals surface area contributed by atoms with Crippen molar-refractivity contribution in [2.24, 2.45) is 11.8 Å². The van der Waals surface area contributed by atoms with Crippen LogP contribution >= 0.6 is 0 Å². The number of benzene rings is 1. The largest absolute Gasteiger partial charge is 0.486 e. The van der Waals surface area contributed by atoms with E-state index in [2.05, 4.69) is 5.32 Å². The Morgan fingerprint density at radius 1 is 1.10 bits per heavy atom. The molecule has 2 aliphatic heterocycles. The van der Waals surface area contributed by atoms with Crippen molar-refractivity contribution in [1.82, 2.24) is 4.90 Å². The zero-order chi connectivity index (χ0) is 22.0. The molecule has 1 saturated heterocycles. The third-order valence-corrected chi connectivity index (χ3v) is 5.63. The highest BCUT2D eigenvalue weighted by Gasteiger charge is 2.47. The summed E-state index contributed by atoms with van der Waals surface area (Å²) in [6.07, 6.45) is 3.71. The summed E-state index contributed by atoms with van der Waals surface area (Å²) in [5, 5.41) is 2.66. The monoisotopic (exact) mass is 428 g/mol. The maximum absolute atomic E-state index is 12.4. The summed E-state index contributed by atoms with van der Waals surface area (Å²) in [6, 6.07) is 5.00. The highest BCUT2D eigenvalue weighted by atomic mass is 16.6. The van der Waals surface area contributed by atoms with Crippen LogP contribution in [0.1, 0.15) is 26.2 Å². The second-order valence-electron chi connectivity index (χ2n) is 7.71. The van der Waals surface area contributed by atoms with Crippen LogP contribution in [0.2, 0.25) is 0 Å². The summed E-state index contributed by atoms with van der Waals surface area (Å²) in [6.45, 7) is 2.31. The minimum absolute atomic E-state index is 0.0417. The molecule has 0 aromatic heterocycles. The number of hydrogen-bond donors (Lipinski definition) is 1. The number of anilines is 1. The van der Waals surface area contributed by atoms with E-state index >= 15 is 0 Å². The van der Waals surface area contributed by atoms with E-state index in [4.69, 9.17) is 14.2 Å². The van der Waals surface area contributed by atoms with E-state index in [1.807, 2.05) is 12.2 Å². The van der Waals surface area contributed by atoms with E-state index in [0.717, 1.165) is 4.90 Å². The molecule has 1 fully saturated rings. The molecule has 1 aromatic carbocycles. The number of nitrogens with one attached hydrogen (secondary N) is 1. The first-order valence-electron chi connectivity index (χ1n) is 10.3. The smallest absolute Gasteiger partial charge is 0.308 e. The van der Waals surface area contributed by atoms with Crippen molar-refractivity contribution in [1.29, 1.82) is 0 Å². The SMILES string of the molecule is C[C@H](OC(=O)CCN1C(=O)[C@H]2CC=CC[C@H]2C1=O)C(=O)Nc1ccc2c(c1)OCCO2. The number of esters is 1. The Morgan fingerprint density at radius 3 is 2.42 bits per heavy atom. The maximum Gasteiger partial charge on any atom is 0.308 e. The zero-order valence-corrected chi connectivity index (χ0v) is 17.2. The van der Waals surface area contributed by atoms with Gasteiger partial charge in [0.2, 0.25) is 11.8 Å². The number of ether oxygens (including phenoxy) is 3. The van der Waals surface area contributed by atoms with Crippen molar-refractivity contribution in [2.75, 3.05) is 25.1 Å². The van der Waals surface area contributed by atoms with Gasteiger partial charge >= 0.3 is 5.97 Å². The van der Waals surface area contributed by atoms with Crippen LogP contribution in [0.3, 0.4) is 0 Å². The fourth-order valence-electron chi connectivity index (χ4n) is 3.97. The topological polar surface area (TPSA) is 111 Å². The van der Waals surface area contributed by atoms with Gasteiger partial charge in [0.15, 0.2) is 17.6 Å². The Kier molecular flexibility index (Phi) is 5.92. The molecule has 31 heavy (non-hydrogen) atoms. The lowest BCUT2D eigenvalue weighted by molar-refractivity contribution is -0.154. The third kappa shape index (κ3) is 4.40. The van der Waals surface area contributed by atoms with Gasteiger partial charge in [-0.2, -0.15) is 0 Å². The molecule has 2 heterocycles. The van der Waals surface area contributed by atoms with Gasteiger partial charge in [-0.1, -0.05) is 12.2 Å². The van der Waals surface area contributed by atoms with Crippen LogP contribution in [-0.4, -0.2) is 54.5 Å². The minimum Gasteiger partial charge on any atom is -0.486 e. The summed E-state index contributed by atoms with van der Waals surface area (Å²) in [4.78, 5) is 50.6. The van der Waals surface area contributed by atoms with Gasteiger partial charge in [-0.05, 0) is 31.9 Å². The molecule has 3 amide bonds. The number of hydrogen-bond acceptors (Lipinski definition) is 7. The predicted molar refractivity (Wildman–Crippen MR) is 108 cm³/mol. The van der Waals surface area contributed by atoms with E-state index in [1.54, 1.807) is 18.2 Å². The Hall–Kier alpha value is -3.36. The molecule has 0 bridgehead atoms. The van der Waals surface area contributed by atoms with Gasteiger partial charge in [-0.25, -0.2) is 0 Å². The van der Waals surface area contributed by atoms with Crippen LogP contribution in [0, 0.1) is 11.8 Å².